The van der Waals surface area contributed by atoms with E-state index >= 15 is 0 Å². The predicted octanol–water partition coefficient (Wildman–Crippen LogP) is 2.78. The molecule has 0 saturated heterocycles. The third-order valence-electron chi connectivity index (χ3n) is 2.12. The standard InChI is InChI=1S/C11H6NO/c1-2-4-10-8(3-1)9-5-6-12-7-11(9)13-10/h1,3-7H. The third-order valence-corrected chi connectivity index (χ3v) is 2.12. The molecule has 2 heteroatoms. The van der Waals surface area contributed by atoms with E-state index in [9.17, 15) is 0 Å². The van der Waals surface area contributed by atoms with Gasteiger partial charge in [0, 0.05) is 17.0 Å². The normalized spacial score (nSPS) is 11.1. The number of fused-ring (bicyclic) bond motifs is 3. The number of aromatic nitrogens is 1. The van der Waals surface area contributed by atoms with Gasteiger partial charge in [0.25, 0.3) is 0 Å². The number of pyridine rings is 1. The van der Waals surface area contributed by atoms with E-state index in [2.05, 4.69) is 11.1 Å². The van der Waals surface area contributed by atoms with Crippen LogP contribution in [0.15, 0.2) is 41.1 Å². The van der Waals surface area contributed by atoms with Crippen molar-refractivity contribution in [3.05, 3.63) is 42.7 Å². The molecule has 0 atom stereocenters. The van der Waals surface area contributed by atoms with Gasteiger partial charge in [0.15, 0.2) is 5.58 Å². The summed E-state index contributed by atoms with van der Waals surface area (Å²) >= 11 is 0. The lowest BCUT2D eigenvalue weighted by atomic mass is 10.2. The summed E-state index contributed by atoms with van der Waals surface area (Å²) in [5, 5.41) is 2.23. The highest BCUT2D eigenvalue weighted by atomic mass is 16.3. The fourth-order valence-electron chi connectivity index (χ4n) is 1.52. The van der Waals surface area contributed by atoms with Crippen molar-refractivity contribution in [1.82, 2.24) is 4.98 Å². The van der Waals surface area contributed by atoms with E-state index in [0.29, 0.717) is 0 Å². The Labute approximate surface area is 74.8 Å². The van der Waals surface area contributed by atoms with Crippen LogP contribution in [0.4, 0.5) is 0 Å². The molecule has 1 aromatic carbocycles. The van der Waals surface area contributed by atoms with Gasteiger partial charge in [-0.2, -0.15) is 0 Å². The first kappa shape index (κ1) is 6.66. The summed E-state index contributed by atoms with van der Waals surface area (Å²) in [7, 11) is 0. The van der Waals surface area contributed by atoms with E-state index < -0.39 is 0 Å². The van der Waals surface area contributed by atoms with E-state index in [4.69, 9.17) is 4.42 Å². The predicted molar refractivity (Wildman–Crippen MR) is 50.4 cm³/mol. The Balaban J connectivity index is 2.64. The van der Waals surface area contributed by atoms with Crippen molar-refractivity contribution in [1.29, 1.82) is 0 Å². The molecule has 1 radical (unpaired) electrons. The average Bonchev–Trinajstić information content (AvgIpc) is 2.56. The highest BCUT2D eigenvalue weighted by Crippen LogP contribution is 2.26. The Kier molecular flexibility index (Phi) is 1.19. The minimum atomic E-state index is 0.831. The Morgan fingerprint density at radius 2 is 2.08 bits per heavy atom. The summed E-state index contributed by atoms with van der Waals surface area (Å²) in [6.07, 6.45) is 3.50. The summed E-state index contributed by atoms with van der Waals surface area (Å²) in [6.45, 7) is 0. The Bertz CT molecular complexity index is 518. The summed E-state index contributed by atoms with van der Waals surface area (Å²) < 4.78 is 5.56. The summed E-state index contributed by atoms with van der Waals surface area (Å²) in [4.78, 5) is 4.00. The molecule has 2 heterocycles. The molecule has 0 aliphatic carbocycles. The molecule has 0 spiro atoms. The van der Waals surface area contributed by atoms with Crippen molar-refractivity contribution in [2.24, 2.45) is 0 Å². The summed E-state index contributed by atoms with van der Waals surface area (Å²) in [6, 6.07) is 10.7. The second-order valence-corrected chi connectivity index (χ2v) is 2.90. The molecule has 0 amide bonds. The van der Waals surface area contributed by atoms with Crippen LogP contribution >= 0.6 is 0 Å². The van der Waals surface area contributed by atoms with Gasteiger partial charge in [0.1, 0.15) is 5.58 Å². The number of hydrogen-bond acceptors (Lipinski definition) is 2. The minimum absolute atomic E-state index is 0.831. The zero-order chi connectivity index (χ0) is 8.67. The maximum Gasteiger partial charge on any atom is 0.153 e. The van der Waals surface area contributed by atoms with Crippen LogP contribution < -0.4 is 0 Å². The van der Waals surface area contributed by atoms with Crippen LogP contribution in [0.2, 0.25) is 0 Å². The first-order valence-electron chi connectivity index (χ1n) is 4.07. The monoisotopic (exact) mass is 168 g/mol. The molecule has 0 unspecified atom stereocenters. The van der Waals surface area contributed by atoms with Gasteiger partial charge in [-0.3, -0.25) is 4.98 Å². The average molecular weight is 168 g/mol. The lowest BCUT2D eigenvalue weighted by Crippen LogP contribution is -1.67. The molecular weight excluding hydrogens is 162 g/mol. The second-order valence-electron chi connectivity index (χ2n) is 2.90. The smallest absolute Gasteiger partial charge is 0.153 e. The molecule has 61 valence electrons. The van der Waals surface area contributed by atoms with Crippen LogP contribution in [-0.4, -0.2) is 4.98 Å². The van der Waals surface area contributed by atoms with Crippen molar-refractivity contribution in [3.63, 3.8) is 0 Å². The van der Waals surface area contributed by atoms with Gasteiger partial charge >= 0.3 is 0 Å². The molecule has 2 nitrogen and oxygen atoms in total. The van der Waals surface area contributed by atoms with Gasteiger partial charge < -0.3 is 4.42 Å². The van der Waals surface area contributed by atoms with E-state index in [1.54, 1.807) is 12.4 Å². The number of rotatable bonds is 0. The molecule has 0 aliphatic rings. The Morgan fingerprint density at radius 3 is 3.08 bits per heavy atom. The topological polar surface area (TPSA) is 26.0 Å². The van der Waals surface area contributed by atoms with Crippen molar-refractivity contribution in [2.75, 3.05) is 0 Å². The maximum absolute atomic E-state index is 5.56. The van der Waals surface area contributed by atoms with Gasteiger partial charge in [0.05, 0.1) is 6.20 Å². The molecule has 0 aliphatic heterocycles. The van der Waals surface area contributed by atoms with Crippen molar-refractivity contribution in [2.45, 2.75) is 0 Å². The van der Waals surface area contributed by atoms with E-state index in [0.717, 1.165) is 21.9 Å². The molecule has 3 aromatic rings. The zero-order valence-electron chi connectivity index (χ0n) is 6.82. The van der Waals surface area contributed by atoms with Crippen LogP contribution in [0, 0.1) is 6.07 Å². The fourth-order valence-corrected chi connectivity index (χ4v) is 1.52. The molecule has 0 saturated carbocycles. The number of hydrogen-bond donors (Lipinski definition) is 0. The molecule has 13 heavy (non-hydrogen) atoms. The molecule has 0 bridgehead atoms. The molecule has 2 aromatic heterocycles. The second kappa shape index (κ2) is 2.33. The molecule has 3 rings (SSSR count). The van der Waals surface area contributed by atoms with Gasteiger partial charge in [0.2, 0.25) is 0 Å². The number of furan rings is 1. The number of benzene rings is 1. The largest absolute Gasteiger partial charge is 0.454 e. The SMILES string of the molecule is [c]1ccc2c(c1)oc1cnccc12. The van der Waals surface area contributed by atoms with E-state index in [-0.39, 0.29) is 0 Å². The number of nitrogens with zero attached hydrogens (tertiary/aromatic N) is 1. The van der Waals surface area contributed by atoms with Crippen molar-refractivity contribution >= 4 is 21.9 Å². The van der Waals surface area contributed by atoms with Gasteiger partial charge in [-0.05, 0) is 24.3 Å². The van der Waals surface area contributed by atoms with Crippen molar-refractivity contribution in [3.8, 4) is 0 Å². The van der Waals surface area contributed by atoms with Gasteiger partial charge in [-0.15, -0.1) is 0 Å². The minimum Gasteiger partial charge on any atom is -0.454 e. The highest BCUT2D eigenvalue weighted by molar-refractivity contribution is 6.04. The van der Waals surface area contributed by atoms with Crippen LogP contribution in [0.25, 0.3) is 21.9 Å². The molecular formula is C11H6NO. The summed E-state index contributed by atoms with van der Waals surface area (Å²) in [5.41, 5.74) is 1.70. The fraction of sp³-hybridized carbons (Fsp3) is 0. The van der Waals surface area contributed by atoms with Crippen molar-refractivity contribution < 1.29 is 4.42 Å². The van der Waals surface area contributed by atoms with Gasteiger partial charge in [-0.1, -0.05) is 6.07 Å². The van der Waals surface area contributed by atoms with E-state index in [1.165, 1.54) is 0 Å². The van der Waals surface area contributed by atoms with Gasteiger partial charge in [-0.25, -0.2) is 0 Å². The van der Waals surface area contributed by atoms with Crippen LogP contribution in [0.5, 0.6) is 0 Å². The molecule has 0 fully saturated rings. The highest BCUT2D eigenvalue weighted by Gasteiger charge is 2.03. The Morgan fingerprint density at radius 1 is 1.15 bits per heavy atom. The van der Waals surface area contributed by atoms with Crippen LogP contribution in [0.3, 0.4) is 0 Å². The van der Waals surface area contributed by atoms with Crippen LogP contribution in [0.1, 0.15) is 0 Å². The summed E-state index contributed by atoms with van der Waals surface area (Å²) in [5.74, 6) is 0. The molecule has 0 N–H and O–H groups in total. The first-order chi connectivity index (χ1) is 6.45. The quantitative estimate of drug-likeness (QED) is 0.515. The van der Waals surface area contributed by atoms with E-state index in [1.807, 2.05) is 24.3 Å². The van der Waals surface area contributed by atoms with Crippen LogP contribution in [-0.2, 0) is 0 Å². The first-order valence-corrected chi connectivity index (χ1v) is 4.07. The Hall–Kier alpha value is -1.83. The maximum atomic E-state index is 5.56. The lowest BCUT2D eigenvalue weighted by molar-refractivity contribution is 0.667. The third kappa shape index (κ3) is 0.855. The lowest BCUT2D eigenvalue weighted by Gasteiger charge is -1.84. The zero-order valence-corrected chi connectivity index (χ0v) is 6.82.